The zero-order chi connectivity index (χ0) is 28.3. The third-order valence-corrected chi connectivity index (χ3v) is 8.91. The fourth-order valence-electron chi connectivity index (χ4n) is 7.08. The van der Waals surface area contributed by atoms with Crippen LogP contribution >= 0.6 is 22.6 Å². The van der Waals surface area contributed by atoms with E-state index in [1.807, 2.05) is 10.1 Å². The van der Waals surface area contributed by atoms with Crippen molar-refractivity contribution in [2.24, 2.45) is 4.99 Å². The molecule has 42 heavy (non-hydrogen) atoms. The molecule has 0 radical (unpaired) electrons. The smallest absolute Gasteiger partial charge is 0.283 e. The van der Waals surface area contributed by atoms with E-state index in [1.165, 1.54) is 22.0 Å². The molecule has 2 aliphatic heterocycles. The van der Waals surface area contributed by atoms with E-state index in [0.29, 0.717) is 11.7 Å². The van der Waals surface area contributed by atoms with Gasteiger partial charge in [0.1, 0.15) is 0 Å². The van der Waals surface area contributed by atoms with E-state index >= 15 is 0 Å². The Labute approximate surface area is 258 Å². The fourth-order valence-corrected chi connectivity index (χ4v) is 7.24. The number of benzene rings is 3. The molecule has 1 saturated heterocycles. The van der Waals surface area contributed by atoms with Gasteiger partial charge in [-0.05, 0) is 66.2 Å². The summed E-state index contributed by atoms with van der Waals surface area (Å²) in [7, 11) is 0. The first-order chi connectivity index (χ1) is 20.8. The van der Waals surface area contributed by atoms with Crippen molar-refractivity contribution in [3.05, 3.63) is 131 Å². The minimum Gasteiger partial charge on any atom is -0.283 e. The molecule has 6 nitrogen and oxygen atoms in total. The number of rotatable bonds is 4. The number of fused-ring (bicyclic) bond motifs is 4. The van der Waals surface area contributed by atoms with Gasteiger partial charge in [-0.1, -0.05) is 95.4 Å². The van der Waals surface area contributed by atoms with Gasteiger partial charge in [0.15, 0.2) is 11.7 Å². The van der Waals surface area contributed by atoms with Crippen LogP contribution in [0.5, 0.6) is 0 Å². The van der Waals surface area contributed by atoms with E-state index in [-0.39, 0.29) is 0 Å². The molecule has 2 aliphatic carbocycles. The maximum atomic E-state index is 9.88. The predicted octanol–water partition coefficient (Wildman–Crippen LogP) is 8.75. The number of hydrogen-bond acceptors (Lipinski definition) is 3. The summed E-state index contributed by atoms with van der Waals surface area (Å²) in [6.07, 6.45) is 18.7. The number of aliphatic imine (C=N–C) groups is 1. The summed E-state index contributed by atoms with van der Waals surface area (Å²) >= 11 is 2.21. The quantitative estimate of drug-likeness (QED) is 0.223. The van der Waals surface area contributed by atoms with Crippen molar-refractivity contribution < 1.29 is 0 Å². The Morgan fingerprint density at radius 2 is 1.45 bits per heavy atom. The molecule has 0 amide bonds. The predicted molar refractivity (Wildman–Crippen MR) is 182 cm³/mol. The van der Waals surface area contributed by atoms with Crippen LogP contribution in [0.2, 0.25) is 0 Å². The number of nitrogens with zero attached hydrogens (tertiary/aromatic N) is 5. The van der Waals surface area contributed by atoms with Gasteiger partial charge in [0.25, 0.3) is 5.91 Å². The standard InChI is InChI=1S/C35H29IN6/c36-23-24-38-34-33(37)40(26-15-6-2-7-16-26)35(41(34)27-17-8-3-9-18-27)39(25-13-4-1-5-14-25)31-22-12-20-29-28-19-10-11-21-30(28)42(35)32(29)31/h1-4,6-8,10-13,15-17,19-24,37H,5,9,14,18H2/b24-23-,37-33?,38-34?. The summed E-state index contributed by atoms with van der Waals surface area (Å²) in [6.45, 7) is 0. The van der Waals surface area contributed by atoms with Gasteiger partial charge in [0.2, 0.25) is 0 Å². The normalized spacial score (nSPS) is 22.5. The third-order valence-electron chi connectivity index (χ3n) is 8.59. The first-order valence-electron chi connectivity index (χ1n) is 14.4. The highest BCUT2D eigenvalue weighted by Gasteiger charge is 2.65. The minimum atomic E-state index is -0.991. The zero-order valence-corrected chi connectivity index (χ0v) is 25.1. The average molecular weight is 661 g/mol. The second-order valence-corrected chi connectivity index (χ2v) is 11.5. The highest BCUT2D eigenvalue weighted by molar-refractivity contribution is 14.1. The summed E-state index contributed by atoms with van der Waals surface area (Å²) in [5, 5.41) is 12.3. The molecular weight excluding hydrogens is 631 g/mol. The SMILES string of the molecule is N=C1C(=N/C=C\I)N(C2=CC=CCC2)C2(N1c1ccccc1)N(C1=CC=CCC1)c1cccc3c4ccccc4n2c13. The lowest BCUT2D eigenvalue weighted by Gasteiger charge is -2.50. The number of aromatic nitrogens is 1. The van der Waals surface area contributed by atoms with E-state index in [4.69, 9.17) is 4.99 Å². The van der Waals surface area contributed by atoms with Gasteiger partial charge in [-0.25, -0.2) is 4.99 Å². The van der Waals surface area contributed by atoms with E-state index < -0.39 is 5.91 Å². The Bertz CT molecular complexity index is 1940. The number of halogens is 1. The highest BCUT2D eigenvalue weighted by atomic mass is 127. The molecule has 4 aromatic rings. The van der Waals surface area contributed by atoms with Crippen molar-refractivity contribution in [1.82, 2.24) is 9.47 Å². The molecule has 1 unspecified atom stereocenters. The Morgan fingerprint density at radius 1 is 0.762 bits per heavy atom. The van der Waals surface area contributed by atoms with Crippen LogP contribution in [0, 0.1) is 5.41 Å². The Kier molecular flexibility index (Phi) is 5.96. The van der Waals surface area contributed by atoms with Gasteiger partial charge in [-0.15, -0.1) is 0 Å². The van der Waals surface area contributed by atoms with Gasteiger partial charge in [-0.3, -0.25) is 24.7 Å². The first kappa shape index (κ1) is 25.3. The van der Waals surface area contributed by atoms with Crippen molar-refractivity contribution in [1.29, 1.82) is 5.41 Å². The Morgan fingerprint density at radius 3 is 2.17 bits per heavy atom. The third kappa shape index (κ3) is 3.37. The molecule has 0 bridgehead atoms. The molecule has 1 spiro atoms. The second-order valence-electron chi connectivity index (χ2n) is 10.8. The van der Waals surface area contributed by atoms with Gasteiger partial charge in [-0.2, -0.15) is 0 Å². The molecule has 4 aliphatic rings. The van der Waals surface area contributed by atoms with Gasteiger partial charge in [0, 0.05) is 34.1 Å². The lowest BCUT2D eigenvalue weighted by molar-refractivity contribution is 0.159. The number of amidine groups is 2. The van der Waals surface area contributed by atoms with Gasteiger partial charge < -0.3 is 0 Å². The summed E-state index contributed by atoms with van der Waals surface area (Å²) < 4.78 is 4.38. The number of para-hydroxylation sites is 3. The molecule has 3 aromatic carbocycles. The molecule has 1 atom stereocenters. The maximum absolute atomic E-state index is 9.88. The zero-order valence-electron chi connectivity index (χ0n) is 23.0. The van der Waals surface area contributed by atoms with Crippen molar-refractivity contribution >= 4 is 67.4 Å². The average Bonchev–Trinajstić information content (AvgIpc) is 3.63. The highest BCUT2D eigenvalue weighted by Crippen LogP contribution is 2.57. The fraction of sp³-hybridized carbons (Fsp3) is 0.143. The van der Waals surface area contributed by atoms with Crippen LogP contribution in [0.4, 0.5) is 11.4 Å². The molecule has 7 heteroatoms. The van der Waals surface area contributed by atoms with E-state index in [9.17, 15) is 5.41 Å². The largest absolute Gasteiger partial charge is 0.297 e. The number of anilines is 2. The molecular formula is C35H29IN6. The van der Waals surface area contributed by atoms with Crippen LogP contribution < -0.4 is 9.80 Å². The van der Waals surface area contributed by atoms with Crippen LogP contribution in [-0.4, -0.2) is 21.1 Å². The number of nitrogens with one attached hydrogen (secondary N) is 1. The summed E-state index contributed by atoms with van der Waals surface area (Å²) in [5.41, 5.74) is 6.74. The van der Waals surface area contributed by atoms with Crippen LogP contribution in [-0.2, 0) is 5.91 Å². The monoisotopic (exact) mass is 660 g/mol. The summed E-state index contributed by atoms with van der Waals surface area (Å²) in [4.78, 5) is 12.0. The number of hydrogen-bond donors (Lipinski definition) is 1. The number of allylic oxidation sites excluding steroid dienone is 8. The Balaban J connectivity index is 1.59. The molecule has 3 heterocycles. The van der Waals surface area contributed by atoms with Crippen LogP contribution in [0.25, 0.3) is 21.8 Å². The summed E-state index contributed by atoms with van der Waals surface area (Å²) in [5.74, 6) is 0.000902. The topological polar surface area (TPSA) is 50.9 Å². The van der Waals surface area contributed by atoms with Crippen molar-refractivity contribution in [3.8, 4) is 0 Å². The molecule has 1 fully saturated rings. The lowest BCUT2D eigenvalue weighted by Crippen LogP contribution is -2.64. The van der Waals surface area contributed by atoms with E-state index in [2.05, 4.69) is 145 Å². The first-order valence-corrected chi connectivity index (χ1v) is 15.6. The summed E-state index contributed by atoms with van der Waals surface area (Å²) in [6, 6.07) is 25.7. The van der Waals surface area contributed by atoms with Crippen LogP contribution in [0.15, 0.2) is 136 Å². The van der Waals surface area contributed by atoms with E-state index in [1.54, 1.807) is 6.20 Å². The molecule has 8 rings (SSSR count). The lowest BCUT2D eigenvalue weighted by atomic mass is 10.1. The molecule has 1 N–H and O–H groups in total. The van der Waals surface area contributed by atoms with Crippen LogP contribution in [0.3, 0.4) is 0 Å². The van der Waals surface area contributed by atoms with Crippen molar-refractivity contribution in [2.45, 2.75) is 31.6 Å². The molecule has 1 aromatic heterocycles. The van der Waals surface area contributed by atoms with Crippen LogP contribution in [0.1, 0.15) is 25.7 Å². The maximum Gasteiger partial charge on any atom is 0.297 e. The Hall–Kier alpha value is -4.37. The second kappa shape index (κ2) is 9.87. The van der Waals surface area contributed by atoms with Gasteiger partial charge in [0.05, 0.1) is 16.7 Å². The van der Waals surface area contributed by atoms with Crippen molar-refractivity contribution in [3.63, 3.8) is 0 Å². The van der Waals surface area contributed by atoms with E-state index in [0.717, 1.165) is 48.3 Å². The van der Waals surface area contributed by atoms with Gasteiger partial charge >= 0.3 is 0 Å². The molecule has 206 valence electrons. The molecule has 0 saturated carbocycles. The minimum absolute atomic E-state index is 0.363. The van der Waals surface area contributed by atoms with Crippen molar-refractivity contribution in [2.75, 3.05) is 9.80 Å².